The van der Waals surface area contributed by atoms with Crippen LogP contribution in [0.3, 0.4) is 0 Å². The van der Waals surface area contributed by atoms with Gasteiger partial charge in [0.2, 0.25) is 5.91 Å². The second kappa shape index (κ2) is 12.4. The molecular formula is C25H33ClN2O3. The molecule has 0 radical (unpaired) electrons. The van der Waals surface area contributed by atoms with Gasteiger partial charge < -0.3 is 15.0 Å². The molecule has 0 aliphatic heterocycles. The van der Waals surface area contributed by atoms with Crippen molar-refractivity contribution in [1.29, 1.82) is 0 Å². The Labute approximate surface area is 190 Å². The van der Waals surface area contributed by atoms with E-state index in [0.29, 0.717) is 17.3 Å². The fourth-order valence-electron chi connectivity index (χ4n) is 3.26. The minimum absolute atomic E-state index is 0.142. The fraction of sp³-hybridized carbons (Fsp3) is 0.440. The van der Waals surface area contributed by atoms with Crippen molar-refractivity contribution >= 4 is 23.4 Å². The highest BCUT2D eigenvalue weighted by Gasteiger charge is 2.26. The Kier molecular flexibility index (Phi) is 9.86. The predicted molar refractivity (Wildman–Crippen MR) is 125 cm³/mol. The number of hydrogen-bond acceptors (Lipinski definition) is 3. The van der Waals surface area contributed by atoms with Crippen LogP contribution < -0.4 is 10.1 Å². The molecule has 0 saturated heterocycles. The average Bonchev–Trinajstić information content (AvgIpc) is 2.75. The lowest BCUT2D eigenvalue weighted by Crippen LogP contribution is -2.49. The Morgan fingerprint density at radius 3 is 2.52 bits per heavy atom. The van der Waals surface area contributed by atoms with E-state index in [4.69, 9.17) is 16.3 Å². The summed E-state index contributed by atoms with van der Waals surface area (Å²) in [4.78, 5) is 27.4. The summed E-state index contributed by atoms with van der Waals surface area (Å²) in [6.07, 6.45) is 1.89. The summed E-state index contributed by atoms with van der Waals surface area (Å²) in [5.74, 6) is 0.536. The number of para-hydroxylation sites is 1. The summed E-state index contributed by atoms with van der Waals surface area (Å²) in [7, 11) is 0. The smallest absolute Gasteiger partial charge is 0.261 e. The van der Waals surface area contributed by atoms with Crippen molar-refractivity contribution in [2.24, 2.45) is 0 Å². The second-order valence-corrected chi connectivity index (χ2v) is 8.39. The zero-order valence-electron chi connectivity index (χ0n) is 18.9. The van der Waals surface area contributed by atoms with Crippen molar-refractivity contribution in [2.45, 2.75) is 59.0 Å². The van der Waals surface area contributed by atoms with Gasteiger partial charge in [-0.1, -0.05) is 69.1 Å². The number of halogens is 1. The lowest BCUT2D eigenvalue weighted by Gasteiger charge is -2.29. The van der Waals surface area contributed by atoms with Gasteiger partial charge >= 0.3 is 0 Å². The Morgan fingerprint density at radius 2 is 1.84 bits per heavy atom. The Morgan fingerprint density at radius 1 is 1.10 bits per heavy atom. The van der Waals surface area contributed by atoms with E-state index in [-0.39, 0.29) is 30.9 Å². The number of ether oxygens (including phenoxy) is 1. The molecule has 2 aromatic carbocycles. The summed E-state index contributed by atoms with van der Waals surface area (Å²) in [5.41, 5.74) is 1.90. The molecule has 0 bridgehead atoms. The summed E-state index contributed by atoms with van der Waals surface area (Å²) in [5, 5.41) is 3.50. The number of nitrogens with zero attached hydrogens (tertiary/aromatic N) is 1. The van der Waals surface area contributed by atoms with Crippen molar-refractivity contribution in [2.75, 3.05) is 13.2 Å². The maximum Gasteiger partial charge on any atom is 0.261 e. The van der Waals surface area contributed by atoms with Crippen molar-refractivity contribution in [1.82, 2.24) is 10.2 Å². The van der Waals surface area contributed by atoms with Gasteiger partial charge in [-0.2, -0.15) is 0 Å². The highest BCUT2D eigenvalue weighted by molar-refractivity contribution is 6.30. The summed E-state index contributed by atoms with van der Waals surface area (Å²) < 4.78 is 5.88. The van der Waals surface area contributed by atoms with E-state index in [0.717, 1.165) is 24.0 Å². The molecule has 6 heteroatoms. The van der Waals surface area contributed by atoms with E-state index in [2.05, 4.69) is 26.1 Å². The van der Waals surface area contributed by atoms with Gasteiger partial charge in [0.15, 0.2) is 6.61 Å². The SMILES string of the molecule is CCCCNC(=O)[C@@H](C)N(Cc1cccc(Cl)c1)C(=O)COc1ccccc1C(C)C. The number of nitrogens with one attached hydrogen (secondary N) is 1. The number of unbranched alkanes of at least 4 members (excludes halogenated alkanes) is 1. The van der Waals surface area contributed by atoms with E-state index in [1.807, 2.05) is 36.4 Å². The highest BCUT2D eigenvalue weighted by atomic mass is 35.5. The lowest BCUT2D eigenvalue weighted by molar-refractivity contribution is -0.142. The zero-order chi connectivity index (χ0) is 22.8. The maximum absolute atomic E-state index is 13.2. The molecule has 0 heterocycles. The molecule has 2 aromatic rings. The lowest BCUT2D eigenvalue weighted by atomic mass is 10.0. The minimum Gasteiger partial charge on any atom is -0.483 e. The van der Waals surface area contributed by atoms with Crippen molar-refractivity contribution in [3.05, 3.63) is 64.7 Å². The molecule has 0 aromatic heterocycles. The zero-order valence-corrected chi connectivity index (χ0v) is 19.6. The minimum atomic E-state index is -0.632. The topological polar surface area (TPSA) is 58.6 Å². The second-order valence-electron chi connectivity index (χ2n) is 7.95. The number of benzene rings is 2. The average molecular weight is 445 g/mol. The normalized spacial score (nSPS) is 11.8. The van der Waals surface area contributed by atoms with Crippen LogP contribution in [0.25, 0.3) is 0 Å². The van der Waals surface area contributed by atoms with Gasteiger partial charge in [-0.25, -0.2) is 0 Å². The number of carbonyl (C=O) groups excluding carboxylic acids is 2. The molecule has 5 nitrogen and oxygen atoms in total. The van der Waals surface area contributed by atoms with Gasteiger partial charge in [-0.15, -0.1) is 0 Å². The van der Waals surface area contributed by atoms with Crippen LogP contribution in [0.15, 0.2) is 48.5 Å². The van der Waals surface area contributed by atoms with Crippen LogP contribution in [0.5, 0.6) is 5.75 Å². The largest absolute Gasteiger partial charge is 0.483 e. The third kappa shape index (κ3) is 7.59. The van der Waals surface area contributed by atoms with Crippen LogP contribution in [0.2, 0.25) is 5.02 Å². The van der Waals surface area contributed by atoms with Crippen molar-refractivity contribution in [3.63, 3.8) is 0 Å². The van der Waals surface area contributed by atoms with Crippen LogP contribution in [-0.4, -0.2) is 35.9 Å². The van der Waals surface area contributed by atoms with Crippen molar-refractivity contribution < 1.29 is 14.3 Å². The molecule has 168 valence electrons. The van der Waals surface area contributed by atoms with Crippen LogP contribution in [0, 0.1) is 0 Å². The molecule has 1 N–H and O–H groups in total. The Balaban J connectivity index is 2.16. The van der Waals surface area contributed by atoms with E-state index < -0.39 is 6.04 Å². The number of hydrogen-bond donors (Lipinski definition) is 1. The molecular weight excluding hydrogens is 412 g/mol. The maximum atomic E-state index is 13.2. The van der Waals surface area contributed by atoms with Gasteiger partial charge in [0.25, 0.3) is 5.91 Å². The van der Waals surface area contributed by atoms with Crippen LogP contribution in [-0.2, 0) is 16.1 Å². The number of amides is 2. The van der Waals surface area contributed by atoms with Gasteiger partial charge in [0.05, 0.1) is 0 Å². The molecule has 2 amide bonds. The Bertz CT molecular complexity index is 869. The number of rotatable bonds is 11. The molecule has 2 rings (SSSR count). The van der Waals surface area contributed by atoms with E-state index in [1.165, 1.54) is 0 Å². The predicted octanol–water partition coefficient (Wildman–Crippen LogP) is 5.18. The first kappa shape index (κ1) is 24.7. The summed E-state index contributed by atoms with van der Waals surface area (Å²) in [6.45, 7) is 8.70. The van der Waals surface area contributed by atoms with Crippen LogP contribution in [0.4, 0.5) is 0 Å². The molecule has 0 unspecified atom stereocenters. The van der Waals surface area contributed by atoms with Crippen LogP contribution in [0.1, 0.15) is 57.6 Å². The third-order valence-electron chi connectivity index (χ3n) is 5.13. The van der Waals surface area contributed by atoms with E-state index >= 15 is 0 Å². The van der Waals surface area contributed by atoms with Crippen LogP contribution >= 0.6 is 11.6 Å². The first-order valence-corrected chi connectivity index (χ1v) is 11.2. The molecule has 1 atom stereocenters. The fourth-order valence-corrected chi connectivity index (χ4v) is 3.47. The van der Waals surface area contributed by atoms with Gasteiger partial charge in [0, 0.05) is 18.1 Å². The molecule has 0 fully saturated rings. The molecule has 31 heavy (non-hydrogen) atoms. The Hall–Kier alpha value is -2.53. The number of carbonyl (C=O) groups is 2. The molecule has 0 saturated carbocycles. The molecule has 0 spiro atoms. The standard InChI is InChI=1S/C25H33ClN2O3/c1-5-6-14-27-25(30)19(4)28(16-20-10-9-11-21(26)15-20)24(29)17-31-23-13-8-7-12-22(23)18(2)3/h7-13,15,18-19H,5-6,14,16-17H2,1-4H3,(H,27,30)/t19-/m1/s1. The molecule has 0 aliphatic carbocycles. The summed E-state index contributed by atoms with van der Waals surface area (Å²) in [6, 6.07) is 14.4. The van der Waals surface area contributed by atoms with E-state index in [1.54, 1.807) is 24.0 Å². The van der Waals surface area contributed by atoms with Gasteiger partial charge in [0.1, 0.15) is 11.8 Å². The van der Waals surface area contributed by atoms with E-state index in [9.17, 15) is 9.59 Å². The quantitative estimate of drug-likeness (QED) is 0.486. The highest BCUT2D eigenvalue weighted by Crippen LogP contribution is 2.26. The molecule has 0 aliphatic rings. The third-order valence-corrected chi connectivity index (χ3v) is 5.37. The summed E-state index contributed by atoms with van der Waals surface area (Å²) >= 11 is 6.12. The monoisotopic (exact) mass is 444 g/mol. The first-order chi connectivity index (χ1) is 14.8. The van der Waals surface area contributed by atoms with Crippen molar-refractivity contribution in [3.8, 4) is 5.75 Å². The van der Waals surface area contributed by atoms with Gasteiger partial charge in [-0.05, 0) is 48.6 Å². The van der Waals surface area contributed by atoms with Gasteiger partial charge in [-0.3, -0.25) is 9.59 Å². The first-order valence-electron chi connectivity index (χ1n) is 10.9.